The molecule has 0 saturated carbocycles. The summed E-state index contributed by atoms with van der Waals surface area (Å²) in [6.07, 6.45) is 22.8. The third-order valence-electron chi connectivity index (χ3n) is 4.78. The quantitative estimate of drug-likeness (QED) is 0.207. The van der Waals surface area contributed by atoms with Gasteiger partial charge in [0.05, 0.1) is 7.57 Å². The molecule has 0 nitrogen and oxygen atoms in total. The number of aryl methyl sites for hydroxylation is 1. The Labute approximate surface area is 171 Å². The topological polar surface area (TPSA) is 0 Å². The van der Waals surface area contributed by atoms with Gasteiger partial charge in [-0.2, -0.15) is 0 Å². The van der Waals surface area contributed by atoms with E-state index < -0.39 is 0 Å². The first-order valence-electron chi connectivity index (χ1n) is 10.2. The van der Waals surface area contributed by atoms with Crippen LogP contribution in [0.25, 0.3) is 0 Å². The lowest BCUT2D eigenvalue weighted by molar-refractivity contribution is 0.532. The van der Waals surface area contributed by atoms with Gasteiger partial charge in [-0.05, 0) is 56.3 Å². The average molecular weight is 480 g/mol. The van der Waals surface area contributed by atoms with Gasteiger partial charge < -0.3 is 0 Å². The minimum absolute atomic E-state index is 1.22. The van der Waals surface area contributed by atoms with Gasteiger partial charge in [0.25, 0.3) is 0 Å². The summed E-state index contributed by atoms with van der Waals surface area (Å²) < 4.78 is 2.55. The molecule has 0 fully saturated rings. The Bertz CT molecular complexity index is 401. The Kier molecular flexibility index (Phi) is 15.0. The van der Waals surface area contributed by atoms with Crippen LogP contribution in [-0.2, 0) is 6.42 Å². The van der Waals surface area contributed by atoms with Crippen molar-refractivity contribution in [1.29, 1.82) is 0 Å². The van der Waals surface area contributed by atoms with Crippen molar-refractivity contribution in [2.75, 3.05) is 0 Å². The first-order valence-corrected chi connectivity index (χ1v) is 12.6. The number of halogens is 2. The molecule has 0 amide bonds. The molecule has 0 aromatic carbocycles. The third kappa shape index (κ3) is 12.1. The molecule has 0 saturated heterocycles. The number of thiophene rings is 1. The van der Waals surface area contributed by atoms with Crippen molar-refractivity contribution in [3.63, 3.8) is 0 Å². The zero-order valence-electron chi connectivity index (χ0n) is 15.6. The second kappa shape index (κ2) is 15.9. The second-order valence-electron chi connectivity index (χ2n) is 7.05. The van der Waals surface area contributed by atoms with Gasteiger partial charge in [-0.15, -0.1) is 11.3 Å². The van der Waals surface area contributed by atoms with Crippen molar-refractivity contribution in [1.82, 2.24) is 0 Å². The van der Waals surface area contributed by atoms with E-state index in [1.165, 1.54) is 116 Å². The molecule has 0 aliphatic carbocycles. The molecule has 24 heavy (non-hydrogen) atoms. The standard InChI is InChI=1S/C21H36Br2S/c1-2-3-4-5-6-7-8-9-10-11-12-13-14-15-16-17-19-18-20(22)24-21(19)23/h18H,2-17H2,1H3. The maximum Gasteiger partial charge on any atom is 0.0742 e. The van der Waals surface area contributed by atoms with E-state index in [0.29, 0.717) is 0 Å². The number of rotatable bonds is 16. The highest BCUT2D eigenvalue weighted by molar-refractivity contribution is 9.12. The summed E-state index contributed by atoms with van der Waals surface area (Å²) in [7, 11) is 0. The maximum absolute atomic E-state index is 3.65. The Morgan fingerprint density at radius 1 is 0.667 bits per heavy atom. The average Bonchev–Trinajstić information content (AvgIpc) is 2.88. The number of unbranched alkanes of at least 4 members (excludes halogenated alkanes) is 14. The van der Waals surface area contributed by atoms with Gasteiger partial charge in [-0.25, -0.2) is 0 Å². The van der Waals surface area contributed by atoms with E-state index in [2.05, 4.69) is 44.8 Å². The van der Waals surface area contributed by atoms with Crippen LogP contribution in [0.15, 0.2) is 13.6 Å². The predicted molar refractivity (Wildman–Crippen MR) is 118 cm³/mol. The van der Waals surface area contributed by atoms with Crippen molar-refractivity contribution in [2.45, 2.75) is 110 Å². The molecule has 0 unspecified atom stereocenters. The molecule has 0 N–H and O–H groups in total. The molecule has 1 aromatic heterocycles. The molecule has 140 valence electrons. The lowest BCUT2D eigenvalue weighted by atomic mass is 10.0. The fraction of sp³-hybridized carbons (Fsp3) is 0.810. The van der Waals surface area contributed by atoms with Crippen LogP contribution >= 0.6 is 43.2 Å². The van der Waals surface area contributed by atoms with E-state index >= 15 is 0 Å². The maximum atomic E-state index is 3.65. The Balaban J connectivity index is 1.77. The minimum Gasteiger partial charge on any atom is -0.121 e. The molecule has 1 aromatic rings. The summed E-state index contributed by atoms with van der Waals surface area (Å²) in [5.74, 6) is 0. The van der Waals surface area contributed by atoms with E-state index in [0.717, 1.165) is 0 Å². The van der Waals surface area contributed by atoms with Gasteiger partial charge in [0, 0.05) is 0 Å². The van der Waals surface area contributed by atoms with Gasteiger partial charge in [0.1, 0.15) is 0 Å². The lowest BCUT2D eigenvalue weighted by Crippen LogP contribution is -1.85. The van der Waals surface area contributed by atoms with Crippen molar-refractivity contribution >= 4 is 43.2 Å². The molecule has 1 rings (SSSR count). The lowest BCUT2D eigenvalue weighted by Gasteiger charge is -2.03. The van der Waals surface area contributed by atoms with Gasteiger partial charge in [0.2, 0.25) is 0 Å². The van der Waals surface area contributed by atoms with Crippen LogP contribution in [0.2, 0.25) is 0 Å². The summed E-state index contributed by atoms with van der Waals surface area (Å²) >= 11 is 9.00. The molecule has 0 spiro atoms. The molecular formula is C21H36Br2S. The molecule has 1 heterocycles. The van der Waals surface area contributed by atoms with E-state index in [1.807, 2.05) is 0 Å². The highest BCUT2D eigenvalue weighted by Gasteiger charge is 2.04. The largest absolute Gasteiger partial charge is 0.121 e. The fourth-order valence-corrected chi connectivity index (χ4v) is 6.15. The third-order valence-corrected chi connectivity index (χ3v) is 7.24. The van der Waals surface area contributed by atoms with Crippen LogP contribution in [0.3, 0.4) is 0 Å². The minimum atomic E-state index is 1.22. The van der Waals surface area contributed by atoms with Gasteiger partial charge >= 0.3 is 0 Å². The SMILES string of the molecule is CCCCCCCCCCCCCCCCCc1cc(Br)sc1Br. The van der Waals surface area contributed by atoms with Gasteiger partial charge in [-0.3, -0.25) is 0 Å². The summed E-state index contributed by atoms with van der Waals surface area (Å²) in [5.41, 5.74) is 1.47. The smallest absolute Gasteiger partial charge is 0.0742 e. The fourth-order valence-electron chi connectivity index (χ4n) is 3.23. The molecule has 0 aliphatic rings. The van der Waals surface area contributed by atoms with Crippen LogP contribution in [0, 0.1) is 0 Å². The monoisotopic (exact) mass is 478 g/mol. The van der Waals surface area contributed by atoms with Crippen LogP contribution in [0.4, 0.5) is 0 Å². The van der Waals surface area contributed by atoms with Gasteiger partial charge in [0.15, 0.2) is 0 Å². The Morgan fingerprint density at radius 2 is 1.08 bits per heavy atom. The van der Waals surface area contributed by atoms with Crippen molar-refractivity contribution in [3.05, 3.63) is 19.2 Å². The normalized spacial score (nSPS) is 11.3. The zero-order valence-corrected chi connectivity index (χ0v) is 19.5. The highest BCUT2D eigenvalue weighted by Crippen LogP contribution is 2.32. The van der Waals surface area contributed by atoms with Gasteiger partial charge in [-0.1, -0.05) is 96.8 Å². The van der Waals surface area contributed by atoms with Crippen molar-refractivity contribution in [2.24, 2.45) is 0 Å². The van der Waals surface area contributed by atoms with E-state index in [9.17, 15) is 0 Å². The van der Waals surface area contributed by atoms with E-state index in [1.54, 1.807) is 11.3 Å². The molecule has 0 atom stereocenters. The van der Waals surface area contributed by atoms with Crippen LogP contribution in [-0.4, -0.2) is 0 Å². The molecule has 0 aliphatic heterocycles. The number of hydrogen-bond donors (Lipinski definition) is 0. The van der Waals surface area contributed by atoms with E-state index in [-0.39, 0.29) is 0 Å². The number of hydrogen-bond acceptors (Lipinski definition) is 1. The summed E-state index contributed by atoms with van der Waals surface area (Å²) in [6, 6.07) is 2.26. The van der Waals surface area contributed by atoms with Crippen LogP contribution in [0.1, 0.15) is 109 Å². The van der Waals surface area contributed by atoms with E-state index in [4.69, 9.17) is 0 Å². The molecule has 0 bridgehead atoms. The second-order valence-corrected chi connectivity index (χ2v) is 10.8. The Hall–Kier alpha value is 0.660. The summed E-state index contributed by atoms with van der Waals surface area (Å²) in [4.78, 5) is 0. The first-order chi connectivity index (χ1) is 11.7. The van der Waals surface area contributed by atoms with Crippen LogP contribution in [0.5, 0.6) is 0 Å². The summed E-state index contributed by atoms with van der Waals surface area (Å²) in [5, 5.41) is 0. The van der Waals surface area contributed by atoms with Crippen LogP contribution < -0.4 is 0 Å². The molecule has 0 radical (unpaired) electrons. The summed E-state index contributed by atoms with van der Waals surface area (Å²) in [6.45, 7) is 2.29. The highest BCUT2D eigenvalue weighted by atomic mass is 79.9. The zero-order chi connectivity index (χ0) is 17.5. The van der Waals surface area contributed by atoms with Crippen molar-refractivity contribution in [3.8, 4) is 0 Å². The molecule has 3 heteroatoms. The Morgan fingerprint density at radius 3 is 1.46 bits per heavy atom. The first kappa shape index (κ1) is 22.7. The molecular weight excluding hydrogens is 444 g/mol. The van der Waals surface area contributed by atoms with Crippen molar-refractivity contribution < 1.29 is 0 Å². The predicted octanol–water partition coefficient (Wildman–Crippen LogP) is 9.69.